The van der Waals surface area contributed by atoms with E-state index >= 15 is 0 Å². The number of aliphatic hydroxyl groups excluding tert-OH is 1. The molecule has 0 aliphatic rings. The molecule has 0 saturated carbocycles. The molecule has 0 aromatic rings. The van der Waals surface area contributed by atoms with Gasteiger partial charge in [-0.2, -0.15) is 0 Å². The van der Waals surface area contributed by atoms with E-state index in [1.54, 1.807) is 0 Å². The third-order valence-corrected chi connectivity index (χ3v) is 11.3. The van der Waals surface area contributed by atoms with Gasteiger partial charge in [0.25, 0.3) is 0 Å². The minimum Gasteiger partial charge on any atom is -0.480 e. The Kier molecular flexibility index (Phi) is 44.8. The summed E-state index contributed by atoms with van der Waals surface area (Å²) in [5, 5.41) is 22.6. The lowest BCUT2D eigenvalue weighted by atomic mass is 10.0. The summed E-state index contributed by atoms with van der Waals surface area (Å²) in [5.41, 5.74) is 0. The average Bonchev–Trinajstić information content (AvgIpc) is 3.26. The predicted molar refractivity (Wildman–Crippen MR) is 259 cm³/mol. The number of carboxylic acid groups (broad SMARTS) is 1. The normalized spacial score (nSPS) is 12.8. The number of carboxylic acids is 1. The quantitative estimate of drug-likeness (QED) is 0.0271. The van der Waals surface area contributed by atoms with Crippen LogP contribution >= 0.6 is 0 Å². The SMILES string of the molecule is CC/C=C\C/C=C\C/C=C\C/C=C\CCC(CCCCCCCC(=O)NCC(=O)NC(CO)C(=O)O)OC(=O)CCCCCCCCCCCCCCCCCCCCCCC. The van der Waals surface area contributed by atoms with Crippen molar-refractivity contribution in [3.05, 3.63) is 48.6 Å². The van der Waals surface area contributed by atoms with Gasteiger partial charge in [-0.15, -0.1) is 0 Å². The molecule has 0 aliphatic heterocycles. The fourth-order valence-electron chi connectivity index (χ4n) is 7.47. The number of nitrogens with one attached hydrogen (secondary N) is 2. The first-order valence-electron chi connectivity index (χ1n) is 25.5. The van der Waals surface area contributed by atoms with Crippen LogP contribution < -0.4 is 10.6 Å². The molecule has 0 aliphatic carbocycles. The summed E-state index contributed by atoms with van der Waals surface area (Å²) >= 11 is 0. The minimum atomic E-state index is -1.39. The van der Waals surface area contributed by atoms with Crippen LogP contribution in [0.2, 0.25) is 0 Å². The van der Waals surface area contributed by atoms with Gasteiger partial charge in [-0.05, 0) is 64.2 Å². The molecular weight excluding hydrogens is 777 g/mol. The van der Waals surface area contributed by atoms with Gasteiger partial charge in [0.05, 0.1) is 13.2 Å². The fraction of sp³-hybridized carbons (Fsp3) is 0.774. The maximum atomic E-state index is 12.9. The van der Waals surface area contributed by atoms with E-state index in [1.807, 2.05) is 0 Å². The molecular formula is C53H94N2O7. The van der Waals surface area contributed by atoms with E-state index in [2.05, 4.69) is 73.1 Å². The van der Waals surface area contributed by atoms with Crippen LogP contribution in [-0.2, 0) is 23.9 Å². The molecule has 2 atom stereocenters. The van der Waals surface area contributed by atoms with Crippen LogP contribution in [0.25, 0.3) is 0 Å². The lowest BCUT2D eigenvalue weighted by Crippen LogP contribution is -2.47. The van der Waals surface area contributed by atoms with Gasteiger partial charge in [0.2, 0.25) is 11.8 Å². The number of aliphatic hydroxyl groups is 1. The van der Waals surface area contributed by atoms with Gasteiger partial charge in [-0.1, -0.05) is 210 Å². The lowest BCUT2D eigenvalue weighted by molar-refractivity contribution is -0.150. The molecule has 0 saturated heterocycles. The van der Waals surface area contributed by atoms with E-state index in [0.29, 0.717) is 12.8 Å². The summed E-state index contributed by atoms with van der Waals surface area (Å²) in [5.74, 6) is -2.34. The summed E-state index contributed by atoms with van der Waals surface area (Å²) in [4.78, 5) is 47.7. The largest absolute Gasteiger partial charge is 0.480 e. The second-order valence-electron chi connectivity index (χ2n) is 17.2. The van der Waals surface area contributed by atoms with E-state index in [9.17, 15) is 19.2 Å². The highest BCUT2D eigenvalue weighted by Gasteiger charge is 2.19. The zero-order valence-electron chi connectivity index (χ0n) is 39.9. The van der Waals surface area contributed by atoms with Crippen LogP contribution in [0.4, 0.5) is 0 Å². The van der Waals surface area contributed by atoms with E-state index < -0.39 is 24.5 Å². The predicted octanol–water partition coefficient (Wildman–Crippen LogP) is 13.5. The summed E-state index contributed by atoms with van der Waals surface area (Å²) < 4.78 is 6.02. The zero-order chi connectivity index (χ0) is 45.4. The Balaban J connectivity index is 4.29. The number of unbranched alkanes of at least 4 members (excludes halogenated alkanes) is 24. The average molecular weight is 871 g/mol. The van der Waals surface area contributed by atoms with Crippen molar-refractivity contribution in [1.29, 1.82) is 0 Å². The summed E-state index contributed by atoms with van der Waals surface area (Å²) in [7, 11) is 0. The van der Waals surface area contributed by atoms with Gasteiger partial charge >= 0.3 is 11.9 Å². The molecule has 0 fully saturated rings. The molecule has 0 aromatic carbocycles. The number of rotatable bonds is 46. The molecule has 0 rings (SSSR count). The second kappa shape index (κ2) is 47.3. The van der Waals surface area contributed by atoms with Crippen molar-refractivity contribution in [3.8, 4) is 0 Å². The van der Waals surface area contributed by atoms with Gasteiger partial charge in [0, 0.05) is 12.8 Å². The molecule has 2 amide bonds. The van der Waals surface area contributed by atoms with E-state index in [0.717, 1.165) is 83.5 Å². The number of hydrogen-bond donors (Lipinski definition) is 4. The number of ether oxygens (including phenoxy) is 1. The van der Waals surface area contributed by atoms with Crippen molar-refractivity contribution in [1.82, 2.24) is 10.6 Å². The highest BCUT2D eigenvalue weighted by molar-refractivity contribution is 5.87. The Morgan fingerprint density at radius 3 is 1.37 bits per heavy atom. The Bertz CT molecular complexity index is 1180. The first-order valence-corrected chi connectivity index (χ1v) is 25.5. The van der Waals surface area contributed by atoms with Crippen molar-refractivity contribution in [2.24, 2.45) is 0 Å². The molecule has 0 heterocycles. The number of amides is 2. The lowest BCUT2D eigenvalue weighted by Gasteiger charge is -2.17. The molecule has 9 nitrogen and oxygen atoms in total. The van der Waals surface area contributed by atoms with Gasteiger partial charge < -0.3 is 25.6 Å². The van der Waals surface area contributed by atoms with Crippen LogP contribution in [0, 0.1) is 0 Å². The smallest absolute Gasteiger partial charge is 0.328 e. The van der Waals surface area contributed by atoms with Crippen LogP contribution in [0.3, 0.4) is 0 Å². The third kappa shape index (κ3) is 43.4. The van der Waals surface area contributed by atoms with Crippen LogP contribution in [-0.4, -0.2) is 59.3 Å². The summed E-state index contributed by atoms with van der Waals surface area (Å²) in [6.07, 6.45) is 57.3. The molecule has 0 spiro atoms. The number of allylic oxidation sites excluding steroid dienone is 8. The zero-order valence-corrected chi connectivity index (χ0v) is 39.9. The van der Waals surface area contributed by atoms with Crippen LogP contribution in [0.15, 0.2) is 48.6 Å². The number of esters is 1. The summed E-state index contributed by atoms with van der Waals surface area (Å²) in [6.45, 7) is 3.38. The molecule has 0 bridgehead atoms. The summed E-state index contributed by atoms with van der Waals surface area (Å²) in [6, 6.07) is -1.39. The molecule has 0 radical (unpaired) electrons. The van der Waals surface area contributed by atoms with Crippen molar-refractivity contribution >= 4 is 23.8 Å². The van der Waals surface area contributed by atoms with E-state index in [-0.39, 0.29) is 30.9 Å². The number of carbonyl (C=O) groups excluding carboxylic acids is 3. The van der Waals surface area contributed by atoms with Gasteiger partial charge in [-0.3, -0.25) is 14.4 Å². The van der Waals surface area contributed by atoms with Crippen LogP contribution in [0.5, 0.6) is 0 Å². The van der Waals surface area contributed by atoms with Crippen molar-refractivity contribution in [2.45, 2.75) is 251 Å². The topological polar surface area (TPSA) is 142 Å². The molecule has 358 valence electrons. The highest BCUT2D eigenvalue weighted by Crippen LogP contribution is 2.18. The monoisotopic (exact) mass is 871 g/mol. The van der Waals surface area contributed by atoms with E-state index in [4.69, 9.17) is 14.9 Å². The molecule has 4 N–H and O–H groups in total. The van der Waals surface area contributed by atoms with Gasteiger partial charge in [0.15, 0.2) is 0 Å². The van der Waals surface area contributed by atoms with Crippen molar-refractivity contribution < 1.29 is 34.1 Å². The third-order valence-electron chi connectivity index (χ3n) is 11.3. The van der Waals surface area contributed by atoms with E-state index in [1.165, 1.54) is 122 Å². The Morgan fingerprint density at radius 1 is 0.500 bits per heavy atom. The standard InChI is InChI=1S/C53H94N2O7/c1-3-5-7-9-11-13-15-17-18-19-20-21-22-23-24-26-28-30-32-37-41-45-52(59)62-48(42-38-34-31-29-27-25-16-14-12-10-8-6-4-2)43-39-35-33-36-40-44-50(57)54-46-51(58)55-49(47-56)53(60)61/h6,8,12,14,25,27,31,34,48-49,56H,3-5,7,9-11,13,15-24,26,28-30,32-33,35-47H2,1-2H3,(H,54,57)(H,55,58)(H,60,61)/b8-6-,14-12-,27-25-,34-31-. The Morgan fingerprint density at radius 2 is 0.919 bits per heavy atom. The Hall–Kier alpha value is -3.20. The second-order valence-corrected chi connectivity index (χ2v) is 17.2. The first-order chi connectivity index (χ1) is 30.3. The molecule has 62 heavy (non-hydrogen) atoms. The highest BCUT2D eigenvalue weighted by atomic mass is 16.5. The molecule has 9 heteroatoms. The number of aliphatic carboxylic acids is 1. The van der Waals surface area contributed by atoms with Gasteiger partial charge in [0.1, 0.15) is 12.1 Å². The first kappa shape index (κ1) is 58.8. The minimum absolute atomic E-state index is 0.0764. The molecule has 0 aromatic heterocycles. The fourth-order valence-corrected chi connectivity index (χ4v) is 7.47. The maximum Gasteiger partial charge on any atom is 0.328 e. The number of carbonyl (C=O) groups is 4. The number of hydrogen-bond acceptors (Lipinski definition) is 6. The van der Waals surface area contributed by atoms with Crippen molar-refractivity contribution in [3.63, 3.8) is 0 Å². The maximum absolute atomic E-state index is 12.9. The van der Waals surface area contributed by atoms with Crippen molar-refractivity contribution in [2.75, 3.05) is 13.2 Å². The van der Waals surface area contributed by atoms with Gasteiger partial charge in [-0.25, -0.2) is 4.79 Å². The molecule has 2 unspecified atom stereocenters. The Labute approximate surface area is 379 Å². The van der Waals surface area contributed by atoms with Crippen LogP contribution in [0.1, 0.15) is 239 Å².